The summed E-state index contributed by atoms with van der Waals surface area (Å²) >= 11 is 0. The number of amides is 1. The number of hydrogen-bond acceptors (Lipinski definition) is 4. The maximum atomic E-state index is 11.8. The van der Waals surface area contributed by atoms with Gasteiger partial charge in [0.2, 0.25) is 5.91 Å². The molecule has 0 heterocycles. The Hall–Kier alpha value is -1.56. The second-order valence-electron chi connectivity index (χ2n) is 5.09. The van der Waals surface area contributed by atoms with Crippen LogP contribution in [0.2, 0.25) is 0 Å². The molecule has 20 heavy (non-hydrogen) atoms. The minimum absolute atomic E-state index is 0.0357. The highest BCUT2D eigenvalue weighted by Gasteiger charge is 2.16. The lowest BCUT2D eigenvalue weighted by Gasteiger charge is -2.10. The van der Waals surface area contributed by atoms with E-state index in [2.05, 4.69) is 5.32 Å². The van der Waals surface area contributed by atoms with Crippen LogP contribution in [0.4, 0.5) is 11.4 Å². The van der Waals surface area contributed by atoms with Crippen molar-refractivity contribution in [2.75, 3.05) is 16.8 Å². The number of hydrogen-bond donors (Lipinski definition) is 2. The first-order valence-corrected chi connectivity index (χ1v) is 8.32. The van der Waals surface area contributed by atoms with Crippen LogP contribution in [0.15, 0.2) is 18.2 Å². The van der Waals surface area contributed by atoms with E-state index in [4.69, 9.17) is 5.73 Å². The number of nitrogens with one attached hydrogen (secondary N) is 1. The van der Waals surface area contributed by atoms with Crippen molar-refractivity contribution in [1.29, 1.82) is 0 Å². The van der Waals surface area contributed by atoms with E-state index in [1.165, 1.54) is 0 Å². The molecule has 1 amide bonds. The molecule has 1 aromatic rings. The van der Waals surface area contributed by atoms with Crippen LogP contribution in [0.1, 0.15) is 32.3 Å². The van der Waals surface area contributed by atoms with Gasteiger partial charge in [-0.3, -0.25) is 4.79 Å². The first kappa shape index (κ1) is 16.5. The molecule has 0 aliphatic carbocycles. The average Bonchev–Trinajstić information content (AvgIpc) is 2.34. The molecular formula is C14H22N2O3S. The summed E-state index contributed by atoms with van der Waals surface area (Å²) in [5, 5.41) is 2.35. The number of rotatable bonds is 6. The third-order valence-corrected chi connectivity index (χ3v) is 5.49. The maximum Gasteiger partial charge on any atom is 0.224 e. The van der Waals surface area contributed by atoms with Gasteiger partial charge in [-0.2, -0.15) is 0 Å². The summed E-state index contributed by atoms with van der Waals surface area (Å²) in [5.74, 6) is -0.161. The highest BCUT2D eigenvalue weighted by atomic mass is 32.2. The van der Waals surface area contributed by atoms with Crippen molar-refractivity contribution >= 4 is 27.1 Å². The zero-order chi connectivity index (χ0) is 15.3. The summed E-state index contributed by atoms with van der Waals surface area (Å²) in [4.78, 5) is 11.8. The largest absolute Gasteiger partial charge is 0.398 e. The summed E-state index contributed by atoms with van der Waals surface area (Å²) in [7, 11) is -3.08. The number of benzene rings is 1. The van der Waals surface area contributed by atoms with Crippen LogP contribution in [0.5, 0.6) is 0 Å². The predicted octanol–water partition coefficient (Wildman–Crippen LogP) is 2.12. The molecule has 0 unspecified atom stereocenters. The van der Waals surface area contributed by atoms with Gasteiger partial charge in [-0.25, -0.2) is 8.42 Å². The van der Waals surface area contributed by atoms with Gasteiger partial charge in [-0.15, -0.1) is 0 Å². The lowest BCUT2D eigenvalue weighted by atomic mass is 10.1. The van der Waals surface area contributed by atoms with Crippen molar-refractivity contribution in [2.24, 2.45) is 0 Å². The Balaban J connectivity index is 2.51. The average molecular weight is 298 g/mol. The van der Waals surface area contributed by atoms with Crippen molar-refractivity contribution in [3.63, 3.8) is 0 Å². The first-order valence-electron chi connectivity index (χ1n) is 6.60. The fourth-order valence-electron chi connectivity index (χ4n) is 1.67. The van der Waals surface area contributed by atoms with Gasteiger partial charge in [0.05, 0.1) is 11.0 Å². The van der Waals surface area contributed by atoms with E-state index in [9.17, 15) is 13.2 Å². The molecule has 0 spiro atoms. The predicted molar refractivity (Wildman–Crippen MR) is 82.4 cm³/mol. The van der Waals surface area contributed by atoms with Crippen LogP contribution in [0.3, 0.4) is 0 Å². The highest BCUT2D eigenvalue weighted by molar-refractivity contribution is 7.91. The lowest BCUT2D eigenvalue weighted by Crippen LogP contribution is -2.20. The normalized spacial score (nSPS) is 11.6. The van der Waals surface area contributed by atoms with Crippen LogP contribution in [0.25, 0.3) is 0 Å². The molecule has 5 nitrogen and oxygen atoms in total. The summed E-state index contributed by atoms with van der Waals surface area (Å²) in [6.07, 6.45) is 0.508. The second kappa shape index (κ2) is 6.74. The van der Waals surface area contributed by atoms with Gasteiger partial charge >= 0.3 is 0 Å². The van der Waals surface area contributed by atoms with E-state index in [0.29, 0.717) is 17.8 Å². The second-order valence-corrected chi connectivity index (χ2v) is 7.76. The fourth-order valence-corrected chi connectivity index (χ4v) is 2.69. The number of nitrogen functional groups attached to an aromatic ring is 1. The van der Waals surface area contributed by atoms with E-state index in [1.54, 1.807) is 32.0 Å². The molecule has 0 radical (unpaired) electrons. The van der Waals surface area contributed by atoms with E-state index in [0.717, 1.165) is 5.56 Å². The standard InChI is InChI=1S/C14H22N2O3S/c1-10(2)20(18,19)9-5-8-14(17)16-13-7-4-6-12(15)11(13)3/h4,6-7,10H,5,8-9,15H2,1-3H3,(H,16,17). The van der Waals surface area contributed by atoms with Crippen molar-refractivity contribution < 1.29 is 13.2 Å². The van der Waals surface area contributed by atoms with Gasteiger partial charge in [0.15, 0.2) is 9.84 Å². The zero-order valence-electron chi connectivity index (χ0n) is 12.1. The number of carbonyl (C=O) groups excluding carboxylic acids is 1. The van der Waals surface area contributed by atoms with Gasteiger partial charge in [0.1, 0.15) is 0 Å². The molecule has 0 saturated carbocycles. The van der Waals surface area contributed by atoms with Crippen molar-refractivity contribution in [2.45, 2.75) is 38.9 Å². The Labute approximate surface area is 120 Å². The third kappa shape index (κ3) is 4.52. The van der Waals surface area contributed by atoms with Crippen LogP contribution in [-0.2, 0) is 14.6 Å². The molecule has 0 aromatic heterocycles. The minimum Gasteiger partial charge on any atom is -0.398 e. The Morgan fingerprint density at radius 1 is 1.35 bits per heavy atom. The molecule has 3 N–H and O–H groups in total. The quantitative estimate of drug-likeness (QED) is 0.787. The number of anilines is 2. The van der Waals surface area contributed by atoms with E-state index in [-0.39, 0.29) is 18.1 Å². The molecular weight excluding hydrogens is 276 g/mol. The first-order chi connectivity index (χ1) is 9.24. The van der Waals surface area contributed by atoms with Gasteiger partial charge in [0, 0.05) is 17.8 Å². The van der Waals surface area contributed by atoms with Crippen molar-refractivity contribution in [3.05, 3.63) is 23.8 Å². The topological polar surface area (TPSA) is 89.3 Å². The van der Waals surface area contributed by atoms with E-state index in [1.807, 2.05) is 6.92 Å². The van der Waals surface area contributed by atoms with Crippen molar-refractivity contribution in [1.82, 2.24) is 0 Å². The Morgan fingerprint density at radius 2 is 2.00 bits per heavy atom. The summed E-state index contributed by atoms with van der Waals surface area (Å²) in [5.41, 5.74) is 7.86. The molecule has 0 saturated heterocycles. The summed E-state index contributed by atoms with van der Waals surface area (Å²) in [6.45, 7) is 5.12. The van der Waals surface area contributed by atoms with E-state index < -0.39 is 15.1 Å². The SMILES string of the molecule is Cc1c(N)cccc1NC(=O)CCCS(=O)(=O)C(C)C. The zero-order valence-corrected chi connectivity index (χ0v) is 13.0. The molecule has 0 fully saturated rings. The molecule has 0 aliphatic heterocycles. The molecule has 0 bridgehead atoms. The Bertz CT molecular complexity index is 580. The Morgan fingerprint density at radius 3 is 2.60 bits per heavy atom. The van der Waals surface area contributed by atoms with Crippen LogP contribution in [-0.4, -0.2) is 25.3 Å². The van der Waals surface area contributed by atoms with Gasteiger partial charge in [-0.05, 0) is 44.9 Å². The van der Waals surface area contributed by atoms with Crippen LogP contribution < -0.4 is 11.1 Å². The molecule has 0 atom stereocenters. The Kier molecular flexibility index (Phi) is 5.56. The maximum absolute atomic E-state index is 11.8. The summed E-state index contributed by atoms with van der Waals surface area (Å²) in [6, 6.07) is 5.30. The van der Waals surface area contributed by atoms with Gasteiger partial charge in [-0.1, -0.05) is 6.07 Å². The minimum atomic E-state index is -3.08. The third-order valence-electron chi connectivity index (χ3n) is 3.20. The van der Waals surface area contributed by atoms with Crippen molar-refractivity contribution in [3.8, 4) is 0 Å². The molecule has 112 valence electrons. The smallest absolute Gasteiger partial charge is 0.224 e. The van der Waals surface area contributed by atoms with Crippen LogP contribution in [0, 0.1) is 6.92 Å². The molecule has 6 heteroatoms. The van der Waals surface area contributed by atoms with Crippen LogP contribution >= 0.6 is 0 Å². The van der Waals surface area contributed by atoms with Gasteiger partial charge in [0.25, 0.3) is 0 Å². The van der Waals surface area contributed by atoms with Gasteiger partial charge < -0.3 is 11.1 Å². The number of sulfone groups is 1. The monoisotopic (exact) mass is 298 g/mol. The summed E-state index contributed by atoms with van der Waals surface area (Å²) < 4.78 is 23.2. The fraction of sp³-hybridized carbons (Fsp3) is 0.500. The number of nitrogens with two attached hydrogens (primary N) is 1. The molecule has 1 aromatic carbocycles. The molecule has 0 aliphatic rings. The number of carbonyl (C=O) groups is 1. The lowest BCUT2D eigenvalue weighted by molar-refractivity contribution is -0.116. The highest BCUT2D eigenvalue weighted by Crippen LogP contribution is 2.20. The van der Waals surface area contributed by atoms with E-state index >= 15 is 0 Å². The molecule has 1 rings (SSSR count).